The molecular weight excluding hydrogens is 348 g/mol. The second-order valence-electron chi connectivity index (χ2n) is 6.10. The van der Waals surface area contributed by atoms with Crippen LogP contribution in [-0.2, 0) is 25.5 Å². The van der Waals surface area contributed by atoms with Gasteiger partial charge in [-0.05, 0) is 42.7 Å². The normalized spacial score (nSPS) is 10.1. The number of aromatic hydroxyl groups is 1. The fourth-order valence-corrected chi connectivity index (χ4v) is 2.40. The third-order valence-corrected chi connectivity index (χ3v) is 3.84. The maximum Gasteiger partial charge on any atom is 0.310 e. The van der Waals surface area contributed by atoms with Crippen LogP contribution in [0.15, 0.2) is 42.5 Å². The van der Waals surface area contributed by atoms with Crippen molar-refractivity contribution in [3.05, 3.63) is 59.2 Å². The van der Waals surface area contributed by atoms with Crippen molar-refractivity contribution in [2.24, 2.45) is 0 Å². The van der Waals surface area contributed by atoms with E-state index in [1.54, 1.807) is 12.1 Å². The van der Waals surface area contributed by atoms with Crippen molar-refractivity contribution >= 4 is 23.5 Å². The molecule has 3 N–H and O–H groups in total. The Balaban J connectivity index is 1.71. The van der Waals surface area contributed by atoms with Crippen LogP contribution < -0.4 is 10.6 Å². The van der Waals surface area contributed by atoms with Crippen molar-refractivity contribution in [1.29, 1.82) is 0 Å². The predicted molar refractivity (Wildman–Crippen MR) is 100 cm³/mol. The molecule has 0 saturated carbocycles. The van der Waals surface area contributed by atoms with Gasteiger partial charge in [-0.2, -0.15) is 0 Å². The number of hydrogen-bond donors (Lipinski definition) is 3. The minimum atomic E-state index is -0.573. The molecule has 0 radical (unpaired) electrons. The molecule has 142 valence electrons. The predicted octanol–water partition coefficient (Wildman–Crippen LogP) is 1.85. The zero-order chi connectivity index (χ0) is 19.8. The average Bonchev–Trinajstić information content (AvgIpc) is 2.63. The molecule has 2 rings (SSSR count). The molecule has 0 aliphatic rings. The summed E-state index contributed by atoms with van der Waals surface area (Å²) in [6.45, 7) is 3.08. The molecule has 0 fully saturated rings. The van der Waals surface area contributed by atoms with Crippen LogP contribution in [0.5, 0.6) is 5.75 Å². The Morgan fingerprint density at radius 2 is 1.59 bits per heavy atom. The Hall–Kier alpha value is -3.35. The number of nitrogens with one attached hydrogen (secondary N) is 2. The van der Waals surface area contributed by atoms with Crippen LogP contribution in [-0.4, -0.2) is 36.0 Å². The van der Waals surface area contributed by atoms with Gasteiger partial charge >= 0.3 is 5.97 Å². The number of phenolic OH excluding ortho intramolecular Hbond substituents is 1. The Morgan fingerprint density at radius 3 is 2.22 bits per heavy atom. The van der Waals surface area contributed by atoms with Gasteiger partial charge in [-0.3, -0.25) is 14.4 Å². The molecule has 0 spiro atoms. The smallest absolute Gasteiger partial charge is 0.310 e. The molecule has 0 bridgehead atoms. The first kappa shape index (κ1) is 20.0. The number of amides is 2. The van der Waals surface area contributed by atoms with Gasteiger partial charge in [0.15, 0.2) is 6.61 Å². The Morgan fingerprint density at radius 1 is 0.963 bits per heavy atom. The van der Waals surface area contributed by atoms with Gasteiger partial charge < -0.3 is 20.5 Å². The molecular formula is C20H22N2O5. The van der Waals surface area contributed by atoms with Crippen molar-refractivity contribution in [1.82, 2.24) is 5.32 Å². The largest absolute Gasteiger partial charge is 0.508 e. The molecule has 0 heterocycles. The number of esters is 1. The van der Waals surface area contributed by atoms with E-state index in [0.29, 0.717) is 5.56 Å². The van der Waals surface area contributed by atoms with E-state index in [4.69, 9.17) is 4.74 Å². The first-order chi connectivity index (χ1) is 12.8. The van der Waals surface area contributed by atoms with Gasteiger partial charge in [0.2, 0.25) is 5.91 Å². The lowest BCUT2D eigenvalue weighted by atomic mass is 10.1. The van der Waals surface area contributed by atoms with Crippen molar-refractivity contribution < 1.29 is 24.2 Å². The van der Waals surface area contributed by atoms with E-state index in [1.807, 2.05) is 32.0 Å². The first-order valence-corrected chi connectivity index (χ1v) is 8.41. The highest BCUT2D eigenvalue weighted by molar-refractivity contribution is 5.96. The number of ether oxygens (including phenoxy) is 1. The van der Waals surface area contributed by atoms with E-state index in [1.165, 1.54) is 12.1 Å². The molecule has 0 aliphatic heterocycles. The van der Waals surface area contributed by atoms with E-state index in [-0.39, 0.29) is 24.6 Å². The third kappa shape index (κ3) is 6.47. The molecule has 2 aromatic rings. The summed E-state index contributed by atoms with van der Waals surface area (Å²) in [4.78, 5) is 35.4. The number of para-hydroxylation sites is 1. The summed E-state index contributed by atoms with van der Waals surface area (Å²) >= 11 is 0. The molecule has 0 aliphatic carbocycles. The molecule has 0 saturated heterocycles. The minimum absolute atomic E-state index is 0.0133. The maximum absolute atomic E-state index is 12.0. The fraction of sp³-hybridized carbons (Fsp3) is 0.250. The second kappa shape index (κ2) is 9.38. The summed E-state index contributed by atoms with van der Waals surface area (Å²) in [6, 6.07) is 11.8. The lowest BCUT2D eigenvalue weighted by Gasteiger charge is -2.12. The standard InChI is InChI=1S/C20H22N2O5/c1-13-4-3-5-14(2)20(13)22-17(24)11-21-18(25)12-27-19(26)10-15-6-8-16(23)9-7-15/h3-9,23H,10-12H2,1-2H3,(H,21,25)(H,22,24). The highest BCUT2D eigenvalue weighted by Gasteiger charge is 2.11. The minimum Gasteiger partial charge on any atom is -0.508 e. The summed E-state index contributed by atoms with van der Waals surface area (Å²) in [5.74, 6) is -1.40. The number of carbonyl (C=O) groups is 3. The maximum atomic E-state index is 12.0. The van der Waals surface area contributed by atoms with E-state index in [0.717, 1.165) is 16.8 Å². The molecule has 2 aromatic carbocycles. The topological polar surface area (TPSA) is 105 Å². The summed E-state index contributed by atoms with van der Waals surface area (Å²) in [7, 11) is 0. The zero-order valence-corrected chi connectivity index (χ0v) is 15.2. The number of anilines is 1. The highest BCUT2D eigenvalue weighted by atomic mass is 16.5. The van der Waals surface area contributed by atoms with E-state index in [2.05, 4.69) is 10.6 Å². The van der Waals surface area contributed by atoms with Crippen LogP contribution in [0.25, 0.3) is 0 Å². The van der Waals surface area contributed by atoms with E-state index < -0.39 is 18.5 Å². The van der Waals surface area contributed by atoms with Crippen molar-refractivity contribution in [2.45, 2.75) is 20.3 Å². The van der Waals surface area contributed by atoms with Crippen molar-refractivity contribution in [3.63, 3.8) is 0 Å². The Bertz CT molecular complexity index is 811. The van der Waals surface area contributed by atoms with Crippen molar-refractivity contribution in [2.75, 3.05) is 18.5 Å². The molecule has 0 aromatic heterocycles. The molecule has 0 unspecified atom stereocenters. The number of carbonyl (C=O) groups excluding carboxylic acids is 3. The van der Waals surface area contributed by atoms with Gasteiger partial charge in [-0.15, -0.1) is 0 Å². The van der Waals surface area contributed by atoms with Gasteiger partial charge in [0.25, 0.3) is 5.91 Å². The van der Waals surface area contributed by atoms with Crippen molar-refractivity contribution in [3.8, 4) is 5.75 Å². The lowest BCUT2D eigenvalue weighted by Crippen LogP contribution is -2.35. The van der Waals surface area contributed by atoms with Crippen LogP contribution >= 0.6 is 0 Å². The number of aryl methyl sites for hydroxylation is 2. The summed E-state index contributed by atoms with van der Waals surface area (Å²) in [5, 5.41) is 14.4. The summed E-state index contributed by atoms with van der Waals surface area (Å²) in [5.41, 5.74) is 3.24. The molecule has 0 atom stereocenters. The Labute approximate surface area is 157 Å². The quantitative estimate of drug-likeness (QED) is 0.645. The SMILES string of the molecule is Cc1cccc(C)c1NC(=O)CNC(=O)COC(=O)Cc1ccc(O)cc1. The summed E-state index contributed by atoms with van der Waals surface area (Å²) in [6.07, 6.45) is -0.0133. The lowest BCUT2D eigenvalue weighted by molar-refractivity contribution is -0.147. The molecule has 7 nitrogen and oxygen atoms in total. The molecule has 27 heavy (non-hydrogen) atoms. The molecule has 7 heteroatoms. The summed E-state index contributed by atoms with van der Waals surface area (Å²) < 4.78 is 4.88. The van der Waals surface area contributed by atoms with E-state index >= 15 is 0 Å². The van der Waals surface area contributed by atoms with E-state index in [9.17, 15) is 19.5 Å². The Kier molecular flexibility index (Phi) is 6.93. The fourth-order valence-electron chi connectivity index (χ4n) is 2.40. The van der Waals surface area contributed by atoms with Crippen LogP contribution in [0, 0.1) is 13.8 Å². The number of hydrogen-bond acceptors (Lipinski definition) is 5. The average molecular weight is 370 g/mol. The number of rotatable bonds is 7. The highest BCUT2D eigenvalue weighted by Crippen LogP contribution is 2.18. The van der Waals surface area contributed by atoms with Crippen LogP contribution in [0.4, 0.5) is 5.69 Å². The number of phenols is 1. The van der Waals surface area contributed by atoms with Gasteiger partial charge in [-0.25, -0.2) is 0 Å². The second-order valence-corrected chi connectivity index (χ2v) is 6.10. The van der Waals surface area contributed by atoms with Crippen LogP contribution in [0.1, 0.15) is 16.7 Å². The zero-order valence-electron chi connectivity index (χ0n) is 15.2. The van der Waals surface area contributed by atoms with Gasteiger partial charge in [0.05, 0.1) is 13.0 Å². The van der Waals surface area contributed by atoms with Gasteiger partial charge in [0.1, 0.15) is 5.75 Å². The number of benzene rings is 2. The van der Waals surface area contributed by atoms with Gasteiger partial charge in [0, 0.05) is 5.69 Å². The molecule has 2 amide bonds. The van der Waals surface area contributed by atoms with Crippen LogP contribution in [0.3, 0.4) is 0 Å². The first-order valence-electron chi connectivity index (χ1n) is 8.41. The van der Waals surface area contributed by atoms with Crippen LogP contribution in [0.2, 0.25) is 0 Å². The third-order valence-electron chi connectivity index (χ3n) is 3.84. The van der Waals surface area contributed by atoms with Gasteiger partial charge in [-0.1, -0.05) is 30.3 Å². The monoisotopic (exact) mass is 370 g/mol.